The zero-order valence-electron chi connectivity index (χ0n) is 19.6. The molecule has 2 heterocycles. The van der Waals surface area contributed by atoms with Crippen molar-refractivity contribution in [1.29, 1.82) is 0 Å². The predicted octanol–water partition coefficient (Wildman–Crippen LogP) is 3.18. The molecule has 0 atom stereocenters. The smallest absolute Gasteiger partial charge is 0.308 e. The Labute approximate surface area is 209 Å². The molecule has 1 aliphatic heterocycles. The SMILES string of the molecule is CC(C)n1c(=O)sc2cc(S(=O)(=O)NCCOc3ccc(S(=O)(=O)N4CCCCC4)cc3)ccc21. The van der Waals surface area contributed by atoms with Gasteiger partial charge in [-0.25, -0.2) is 21.6 Å². The first kappa shape index (κ1) is 25.8. The lowest BCUT2D eigenvalue weighted by Crippen LogP contribution is -2.35. The van der Waals surface area contributed by atoms with Crippen LogP contribution in [0.5, 0.6) is 5.75 Å². The highest BCUT2D eigenvalue weighted by Gasteiger charge is 2.25. The Morgan fingerprint density at radius 2 is 1.63 bits per heavy atom. The molecule has 3 aromatic rings. The molecule has 0 unspecified atom stereocenters. The largest absolute Gasteiger partial charge is 0.492 e. The number of nitrogens with one attached hydrogen (secondary N) is 1. The second-order valence-corrected chi connectivity index (χ2v) is 13.3. The van der Waals surface area contributed by atoms with E-state index in [4.69, 9.17) is 4.74 Å². The van der Waals surface area contributed by atoms with Crippen LogP contribution in [-0.4, -0.2) is 51.9 Å². The van der Waals surface area contributed by atoms with Crippen LogP contribution in [-0.2, 0) is 20.0 Å². The second kappa shape index (κ2) is 10.4. The van der Waals surface area contributed by atoms with Gasteiger partial charge in [0, 0.05) is 25.7 Å². The monoisotopic (exact) mass is 539 g/mol. The average Bonchev–Trinajstić information content (AvgIpc) is 3.18. The van der Waals surface area contributed by atoms with Gasteiger partial charge >= 0.3 is 4.87 Å². The Kier molecular flexibility index (Phi) is 7.67. The van der Waals surface area contributed by atoms with E-state index in [2.05, 4.69) is 4.72 Å². The Morgan fingerprint density at radius 1 is 0.971 bits per heavy atom. The molecule has 0 radical (unpaired) electrons. The van der Waals surface area contributed by atoms with Crippen molar-refractivity contribution >= 4 is 41.6 Å². The number of nitrogens with zero attached hydrogens (tertiary/aromatic N) is 2. The number of rotatable bonds is 9. The highest BCUT2D eigenvalue weighted by atomic mass is 32.2. The third kappa shape index (κ3) is 5.61. The highest BCUT2D eigenvalue weighted by molar-refractivity contribution is 7.89. The Morgan fingerprint density at radius 3 is 2.29 bits per heavy atom. The van der Waals surface area contributed by atoms with Crippen LogP contribution < -0.4 is 14.3 Å². The molecule has 0 amide bonds. The van der Waals surface area contributed by atoms with E-state index < -0.39 is 20.0 Å². The van der Waals surface area contributed by atoms with E-state index >= 15 is 0 Å². The first-order chi connectivity index (χ1) is 16.6. The lowest BCUT2D eigenvalue weighted by molar-refractivity contribution is 0.322. The lowest BCUT2D eigenvalue weighted by atomic mass is 10.2. The fourth-order valence-corrected chi connectivity index (χ4v) is 7.75. The van der Waals surface area contributed by atoms with Crippen molar-refractivity contribution in [3.05, 3.63) is 52.1 Å². The Balaban J connectivity index is 1.35. The number of piperidine rings is 1. The minimum Gasteiger partial charge on any atom is -0.492 e. The molecule has 0 spiro atoms. The highest BCUT2D eigenvalue weighted by Crippen LogP contribution is 2.25. The maximum Gasteiger partial charge on any atom is 0.308 e. The number of sulfonamides is 2. The van der Waals surface area contributed by atoms with Crippen molar-refractivity contribution in [2.45, 2.75) is 48.9 Å². The minimum absolute atomic E-state index is 0.0204. The number of aromatic nitrogens is 1. The van der Waals surface area contributed by atoms with E-state index in [0.29, 0.717) is 29.1 Å². The number of fused-ring (bicyclic) bond motifs is 1. The van der Waals surface area contributed by atoms with Gasteiger partial charge in [0.2, 0.25) is 20.0 Å². The molecule has 4 rings (SSSR count). The van der Waals surface area contributed by atoms with E-state index in [1.165, 1.54) is 28.6 Å². The molecule has 9 nitrogen and oxygen atoms in total. The molecule has 1 N–H and O–H groups in total. The summed E-state index contributed by atoms with van der Waals surface area (Å²) in [4.78, 5) is 12.4. The number of hydrogen-bond donors (Lipinski definition) is 1. The van der Waals surface area contributed by atoms with E-state index in [0.717, 1.165) is 30.6 Å². The summed E-state index contributed by atoms with van der Waals surface area (Å²) in [6.07, 6.45) is 2.79. The van der Waals surface area contributed by atoms with Crippen LogP contribution in [0.25, 0.3) is 10.2 Å². The standard InChI is InChI=1S/C23H29N3O6S3/c1-17(2)26-21-11-10-20(16-22(21)33-23(26)27)34(28,29)24-12-15-32-18-6-8-19(9-7-18)35(30,31)25-13-4-3-5-14-25/h6-11,16-17,24H,3-5,12-15H2,1-2H3. The predicted molar refractivity (Wildman–Crippen MR) is 136 cm³/mol. The summed E-state index contributed by atoms with van der Waals surface area (Å²) in [6.45, 7) is 4.97. The minimum atomic E-state index is -3.79. The van der Waals surface area contributed by atoms with Gasteiger partial charge in [-0.15, -0.1) is 0 Å². The van der Waals surface area contributed by atoms with Crippen molar-refractivity contribution in [3.63, 3.8) is 0 Å². The second-order valence-electron chi connectivity index (χ2n) is 8.64. The summed E-state index contributed by atoms with van der Waals surface area (Å²) in [5.41, 5.74) is 0.711. The van der Waals surface area contributed by atoms with E-state index in [1.54, 1.807) is 22.8 Å². The molecule has 2 aromatic carbocycles. The first-order valence-electron chi connectivity index (χ1n) is 11.5. The fraction of sp³-hybridized carbons (Fsp3) is 0.435. The third-order valence-electron chi connectivity index (χ3n) is 5.85. The Hall–Kier alpha value is -2.25. The van der Waals surface area contributed by atoms with Gasteiger partial charge < -0.3 is 4.74 Å². The van der Waals surface area contributed by atoms with E-state index in [9.17, 15) is 21.6 Å². The van der Waals surface area contributed by atoms with Gasteiger partial charge in [-0.1, -0.05) is 17.8 Å². The van der Waals surface area contributed by atoms with Crippen LogP contribution in [0.3, 0.4) is 0 Å². The number of thiazole rings is 1. The van der Waals surface area contributed by atoms with E-state index in [1.807, 2.05) is 13.8 Å². The molecular formula is C23H29N3O6S3. The molecule has 1 fully saturated rings. The maximum absolute atomic E-state index is 12.7. The summed E-state index contributed by atoms with van der Waals surface area (Å²) in [5, 5.41) is 0. The molecule has 0 saturated carbocycles. The van der Waals surface area contributed by atoms with Crippen LogP contribution >= 0.6 is 11.3 Å². The van der Waals surface area contributed by atoms with Gasteiger partial charge in [0.1, 0.15) is 12.4 Å². The lowest BCUT2D eigenvalue weighted by Gasteiger charge is -2.25. The molecular weight excluding hydrogens is 510 g/mol. The van der Waals surface area contributed by atoms with Crippen molar-refractivity contribution < 1.29 is 21.6 Å². The van der Waals surface area contributed by atoms with Crippen molar-refractivity contribution in [1.82, 2.24) is 13.6 Å². The van der Waals surface area contributed by atoms with Gasteiger partial charge in [-0.3, -0.25) is 9.36 Å². The van der Waals surface area contributed by atoms with Gasteiger partial charge in [-0.05, 0) is 69.2 Å². The molecule has 0 bridgehead atoms. The number of benzene rings is 2. The van der Waals surface area contributed by atoms with Crippen LogP contribution in [0.2, 0.25) is 0 Å². The molecule has 1 aromatic heterocycles. The average molecular weight is 540 g/mol. The van der Waals surface area contributed by atoms with Gasteiger partial charge in [0.15, 0.2) is 0 Å². The zero-order valence-corrected chi connectivity index (χ0v) is 22.1. The van der Waals surface area contributed by atoms with Gasteiger partial charge in [0.25, 0.3) is 0 Å². The summed E-state index contributed by atoms with van der Waals surface area (Å²) >= 11 is 1.02. The van der Waals surface area contributed by atoms with Gasteiger partial charge in [0.05, 0.1) is 20.0 Å². The van der Waals surface area contributed by atoms with Crippen LogP contribution in [0, 0.1) is 0 Å². The van der Waals surface area contributed by atoms with Crippen LogP contribution in [0.15, 0.2) is 57.1 Å². The normalized spacial score (nSPS) is 15.6. The van der Waals surface area contributed by atoms with Gasteiger partial charge in [-0.2, -0.15) is 4.31 Å². The molecule has 0 aliphatic carbocycles. The molecule has 1 aliphatic rings. The van der Waals surface area contributed by atoms with Crippen molar-refractivity contribution in [2.24, 2.45) is 0 Å². The fourth-order valence-electron chi connectivity index (χ4n) is 4.06. The van der Waals surface area contributed by atoms with Crippen LogP contribution in [0.4, 0.5) is 0 Å². The van der Waals surface area contributed by atoms with Crippen molar-refractivity contribution in [3.8, 4) is 5.75 Å². The molecule has 190 valence electrons. The van der Waals surface area contributed by atoms with Crippen molar-refractivity contribution in [2.75, 3.05) is 26.2 Å². The summed E-state index contributed by atoms with van der Waals surface area (Å²) < 4.78 is 62.7. The summed E-state index contributed by atoms with van der Waals surface area (Å²) in [7, 11) is -7.30. The molecule has 1 saturated heterocycles. The topological polar surface area (TPSA) is 115 Å². The van der Waals surface area contributed by atoms with Crippen LogP contribution in [0.1, 0.15) is 39.2 Å². The molecule has 35 heavy (non-hydrogen) atoms. The first-order valence-corrected chi connectivity index (χ1v) is 15.2. The molecule has 12 heteroatoms. The summed E-state index contributed by atoms with van der Waals surface area (Å²) in [6, 6.07) is 10.8. The zero-order chi connectivity index (χ0) is 25.2. The number of ether oxygens (including phenoxy) is 1. The summed E-state index contributed by atoms with van der Waals surface area (Å²) in [5.74, 6) is 0.447. The maximum atomic E-state index is 12.7. The Bertz CT molecular complexity index is 1450. The number of hydrogen-bond acceptors (Lipinski definition) is 7. The third-order valence-corrected chi connectivity index (χ3v) is 10.1. The van der Waals surface area contributed by atoms with E-state index in [-0.39, 0.29) is 33.9 Å². The quantitative estimate of drug-likeness (QED) is 0.418.